The summed E-state index contributed by atoms with van der Waals surface area (Å²) < 4.78 is 5.07. The molecule has 0 spiro atoms. The van der Waals surface area contributed by atoms with E-state index in [1.165, 1.54) is 0 Å². The zero-order valence-corrected chi connectivity index (χ0v) is 10.1. The third kappa shape index (κ3) is 5.14. The van der Waals surface area contributed by atoms with Crippen molar-refractivity contribution in [3.8, 4) is 0 Å². The number of hydrogen-bond donors (Lipinski definition) is 3. The van der Waals surface area contributed by atoms with Crippen LogP contribution in [-0.2, 0) is 14.3 Å². The fourth-order valence-corrected chi connectivity index (χ4v) is 1.86. The summed E-state index contributed by atoms with van der Waals surface area (Å²) in [5.41, 5.74) is 0. The monoisotopic (exact) mass is 244 g/mol. The summed E-state index contributed by atoms with van der Waals surface area (Å²) in [6.07, 6.45) is 0.865. The van der Waals surface area contributed by atoms with Crippen LogP contribution in [0, 0.1) is 5.92 Å². The second-order valence-corrected chi connectivity index (χ2v) is 4.19. The van der Waals surface area contributed by atoms with Gasteiger partial charge in [0.1, 0.15) is 0 Å². The molecule has 6 nitrogen and oxygen atoms in total. The molecular formula is C11H20N2O4. The summed E-state index contributed by atoms with van der Waals surface area (Å²) in [6, 6.07) is 0.225. The molecule has 17 heavy (non-hydrogen) atoms. The molecule has 0 aromatic carbocycles. The first kappa shape index (κ1) is 13.9. The molecule has 0 saturated carbocycles. The molecule has 98 valence electrons. The van der Waals surface area contributed by atoms with Crippen molar-refractivity contribution in [3.63, 3.8) is 0 Å². The molecule has 0 bridgehead atoms. The van der Waals surface area contributed by atoms with Gasteiger partial charge in [0.05, 0.1) is 25.6 Å². The fraction of sp³-hybridized carbons (Fsp3) is 0.818. The van der Waals surface area contributed by atoms with Crippen molar-refractivity contribution in [3.05, 3.63) is 0 Å². The molecule has 0 aromatic heterocycles. The standard InChI is InChI=1S/C11H20N2O4/c1-8-9(2-4-12-8)11(16)13-5-7-17-6-3-10(14)15/h8-9,12H,2-7H2,1H3,(H,13,16)(H,14,15). The minimum absolute atomic E-state index is 0.00245. The maximum atomic E-state index is 11.7. The number of hydrogen-bond acceptors (Lipinski definition) is 4. The van der Waals surface area contributed by atoms with E-state index in [1.54, 1.807) is 0 Å². The molecule has 0 aromatic rings. The van der Waals surface area contributed by atoms with Crippen molar-refractivity contribution in [1.82, 2.24) is 10.6 Å². The van der Waals surface area contributed by atoms with E-state index in [9.17, 15) is 9.59 Å². The van der Waals surface area contributed by atoms with Gasteiger partial charge < -0.3 is 20.5 Å². The number of carbonyl (C=O) groups is 2. The minimum atomic E-state index is -0.875. The van der Waals surface area contributed by atoms with Gasteiger partial charge in [0.2, 0.25) is 5.91 Å². The molecular weight excluding hydrogens is 224 g/mol. The van der Waals surface area contributed by atoms with E-state index in [-0.39, 0.29) is 30.9 Å². The number of amides is 1. The molecule has 1 fully saturated rings. The predicted molar refractivity (Wildman–Crippen MR) is 61.7 cm³/mol. The van der Waals surface area contributed by atoms with E-state index in [2.05, 4.69) is 10.6 Å². The average Bonchev–Trinajstić information content (AvgIpc) is 2.69. The Hall–Kier alpha value is -1.14. The Kier molecular flexibility index (Phi) is 5.93. The molecule has 1 saturated heterocycles. The number of nitrogens with one attached hydrogen (secondary N) is 2. The summed E-state index contributed by atoms with van der Waals surface area (Å²) in [5.74, 6) is -0.793. The Morgan fingerprint density at radius 1 is 1.47 bits per heavy atom. The molecule has 2 unspecified atom stereocenters. The first-order valence-electron chi connectivity index (χ1n) is 5.92. The summed E-state index contributed by atoms with van der Waals surface area (Å²) >= 11 is 0. The second-order valence-electron chi connectivity index (χ2n) is 4.19. The summed E-state index contributed by atoms with van der Waals surface area (Å²) in [5, 5.41) is 14.4. The van der Waals surface area contributed by atoms with Gasteiger partial charge in [-0.1, -0.05) is 0 Å². The quantitative estimate of drug-likeness (QED) is 0.530. The molecule has 3 N–H and O–H groups in total. The van der Waals surface area contributed by atoms with E-state index in [0.29, 0.717) is 13.2 Å². The van der Waals surface area contributed by atoms with E-state index in [1.807, 2.05) is 6.92 Å². The van der Waals surface area contributed by atoms with Crippen molar-refractivity contribution in [2.75, 3.05) is 26.3 Å². The average molecular weight is 244 g/mol. The van der Waals surface area contributed by atoms with Gasteiger partial charge in [-0.15, -0.1) is 0 Å². The molecule has 1 rings (SSSR count). The Morgan fingerprint density at radius 3 is 2.82 bits per heavy atom. The summed E-state index contributed by atoms with van der Waals surface area (Å²) in [7, 11) is 0. The van der Waals surface area contributed by atoms with Gasteiger partial charge in [0.15, 0.2) is 0 Å². The van der Waals surface area contributed by atoms with Gasteiger partial charge in [-0.3, -0.25) is 9.59 Å². The lowest BCUT2D eigenvalue weighted by atomic mass is 10.0. The number of ether oxygens (including phenoxy) is 1. The molecule has 2 atom stereocenters. The summed E-state index contributed by atoms with van der Waals surface area (Å²) in [4.78, 5) is 21.9. The molecule has 1 aliphatic heterocycles. The zero-order valence-electron chi connectivity index (χ0n) is 10.1. The Balaban J connectivity index is 2.02. The lowest BCUT2D eigenvalue weighted by Crippen LogP contribution is -2.38. The Labute approximate surface area is 101 Å². The Bertz CT molecular complexity index is 270. The number of carbonyl (C=O) groups excluding carboxylic acids is 1. The van der Waals surface area contributed by atoms with Crippen molar-refractivity contribution in [1.29, 1.82) is 0 Å². The topological polar surface area (TPSA) is 87.7 Å². The van der Waals surface area contributed by atoms with Crippen LogP contribution < -0.4 is 10.6 Å². The number of rotatable bonds is 7. The van der Waals surface area contributed by atoms with Crippen molar-refractivity contribution in [2.24, 2.45) is 5.92 Å². The van der Waals surface area contributed by atoms with E-state index >= 15 is 0 Å². The lowest BCUT2D eigenvalue weighted by molar-refractivity contribution is -0.138. The van der Waals surface area contributed by atoms with Crippen LogP contribution in [0.2, 0.25) is 0 Å². The van der Waals surface area contributed by atoms with Gasteiger partial charge in [-0.05, 0) is 19.9 Å². The van der Waals surface area contributed by atoms with Crippen LogP contribution >= 0.6 is 0 Å². The number of carboxylic acid groups (broad SMARTS) is 1. The molecule has 1 heterocycles. The van der Waals surface area contributed by atoms with Crippen LogP contribution in [-0.4, -0.2) is 49.3 Å². The third-order valence-electron chi connectivity index (χ3n) is 2.87. The van der Waals surface area contributed by atoms with Gasteiger partial charge in [0.25, 0.3) is 0 Å². The summed E-state index contributed by atoms with van der Waals surface area (Å²) in [6.45, 7) is 3.86. The highest BCUT2D eigenvalue weighted by molar-refractivity contribution is 5.79. The maximum absolute atomic E-state index is 11.7. The first-order valence-corrected chi connectivity index (χ1v) is 5.92. The van der Waals surface area contributed by atoms with Crippen molar-refractivity contribution >= 4 is 11.9 Å². The van der Waals surface area contributed by atoms with Crippen LogP contribution in [0.4, 0.5) is 0 Å². The van der Waals surface area contributed by atoms with E-state index in [0.717, 1.165) is 13.0 Å². The number of aliphatic carboxylic acids is 1. The highest BCUT2D eigenvalue weighted by Gasteiger charge is 2.28. The highest BCUT2D eigenvalue weighted by Crippen LogP contribution is 2.14. The molecule has 6 heteroatoms. The number of carboxylic acids is 1. The largest absolute Gasteiger partial charge is 0.481 e. The highest BCUT2D eigenvalue weighted by atomic mass is 16.5. The molecule has 1 amide bonds. The molecule has 0 aliphatic carbocycles. The zero-order chi connectivity index (χ0) is 12.7. The second kappa shape index (κ2) is 7.24. The fourth-order valence-electron chi connectivity index (χ4n) is 1.86. The van der Waals surface area contributed by atoms with Crippen molar-refractivity contribution in [2.45, 2.75) is 25.8 Å². The minimum Gasteiger partial charge on any atom is -0.481 e. The third-order valence-corrected chi connectivity index (χ3v) is 2.87. The van der Waals surface area contributed by atoms with E-state index < -0.39 is 5.97 Å². The van der Waals surface area contributed by atoms with E-state index in [4.69, 9.17) is 9.84 Å². The predicted octanol–water partition coefficient (Wildman–Crippen LogP) is -0.408. The van der Waals surface area contributed by atoms with Crippen LogP contribution in [0.3, 0.4) is 0 Å². The molecule has 0 radical (unpaired) electrons. The maximum Gasteiger partial charge on any atom is 0.305 e. The SMILES string of the molecule is CC1NCCC1C(=O)NCCOCCC(=O)O. The van der Waals surface area contributed by atoms with Crippen LogP contribution in [0.25, 0.3) is 0 Å². The van der Waals surface area contributed by atoms with Gasteiger partial charge in [0, 0.05) is 12.6 Å². The van der Waals surface area contributed by atoms with Gasteiger partial charge in [-0.25, -0.2) is 0 Å². The lowest BCUT2D eigenvalue weighted by Gasteiger charge is -2.14. The van der Waals surface area contributed by atoms with Crippen LogP contribution in [0.1, 0.15) is 19.8 Å². The van der Waals surface area contributed by atoms with Crippen molar-refractivity contribution < 1.29 is 19.4 Å². The normalized spacial score (nSPS) is 23.6. The van der Waals surface area contributed by atoms with Gasteiger partial charge in [-0.2, -0.15) is 0 Å². The molecule has 1 aliphatic rings. The smallest absolute Gasteiger partial charge is 0.305 e. The van der Waals surface area contributed by atoms with Crippen LogP contribution in [0.5, 0.6) is 0 Å². The Morgan fingerprint density at radius 2 is 2.24 bits per heavy atom. The van der Waals surface area contributed by atoms with Crippen LogP contribution in [0.15, 0.2) is 0 Å². The van der Waals surface area contributed by atoms with Gasteiger partial charge >= 0.3 is 5.97 Å². The first-order chi connectivity index (χ1) is 8.11.